The van der Waals surface area contributed by atoms with Gasteiger partial charge in [0.25, 0.3) is 0 Å². The monoisotopic (exact) mass is 418 g/mol. The summed E-state index contributed by atoms with van der Waals surface area (Å²) >= 11 is 7.52. The topological polar surface area (TPSA) is 59.8 Å². The molecule has 0 bridgehead atoms. The van der Waals surface area contributed by atoms with Gasteiger partial charge in [0.2, 0.25) is 5.91 Å². The summed E-state index contributed by atoms with van der Waals surface area (Å²) in [6.07, 6.45) is 1.59. The number of aryl methyl sites for hydroxylation is 1. The fraction of sp³-hybridized carbons (Fsp3) is 0.250. The average Bonchev–Trinajstić information content (AvgIpc) is 3.12. The molecule has 8 heteroatoms. The van der Waals surface area contributed by atoms with Gasteiger partial charge in [-0.15, -0.1) is 10.2 Å². The number of carbonyl (C=O) groups is 1. The molecular formula is C20H20ClFN4OS. The fourth-order valence-corrected chi connectivity index (χ4v) is 3.62. The van der Waals surface area contributed by atoms with Crippen LogP contribution in [-0.2, 0) is 4.79 Å². The lowest BCUT2D eigenvalue weighted by atomic mass is 10.1. The van der Waals surface area contributed by atoms with Crippen LogP contribution in [0.1, 0.15) is 31.0 Å². The predicted molar refractivity (Wildman–Crippen MR) is 109 cm³/mol. The van der Waals surface area contributed by atoms with Crippen LogP contribution in [0.5, 0.6) is 0 Å². The third-order valence-electron chi connectivity index (χ3n) is 4.33. The number of hydrogen-bond donors (Lipinski definition) is 1. The molecule has 0 saturated heterocycles. The molecule has 5 nitrogen and oxygen atoms in total. The summed E-state index contributed by atoms with van der Waals surface area (Å²) in [5.74, 6) is -0.444. The summed E-state index contributed by atoms with van der Waals surface area (Å²) in [6.45, 7) is 5.60. The fourth-order valence-electron chi connectivity index (χ4n) is 2.59. The average molecular weight is 419 g/mol. The first-order chi connectivity index (χ1) is 13.3. The van der Waals surface area contributed by atoms with Gasteiger partial charge >= 0.3 is 0 Å². The highest BCUT2D eigenvalue weighted by molar-refractivity contribution is 8.00. The molecule has 1 heterocycles. The summed E-state index contributed by atoms with van der Waals surface area (Å²) in [7, 11) is 0. The SMILES string of the molecule is Cc1ccc(-n2cnnc2SC(C)C(=O)NC(C)c2ccc(F)cc2)cc1Cl. The maximum Gasteiger partial charge on any atom is 0.233 e. The highest BCUT2D eigenvalue weighted by atomic mass is 35.5. The minimum absolute atomic E-state index is 0.140. The Hall–Kier alpha value is -2.38. The van der Waals surface area contributed by atoms with Crippen LogP contribution < -0.4 is 5.32 Å². The second-order valence-electron chi connectivity index (χ2n) is 6.46. The zero-order valence-electron chi connectivity index (χ0n) is 15.7. The number of amides is 1. The first-order valence-electron chi connectivity index (χ1n) is 8.74. The van der Waals surface area contributed by atoms with Crippen molar-refractivity contribution in [2.75, 3.05) is 0 Å². The lowest BCUT2D eigenvalue weighted by Crippen LogP contribution is -2.33. The van der Waals surface area contributed by atoms with Crippen molar-refractivity contribution in [3.63, 3.8) is 0 Å². The second kappa shape index (κ2) is 8.75. The van der Waals surface area contributed by atoms with Gasteiger partial charge in [0, 0.05) is 5.02 Å². The number of rotatable bonds is 6. The van der Waals surface area contributed by atoms with E-state index < -0.39 is 5.25 Å². The third-order valence-corrected chi connectivity index (χ3v) is 5.79. The van der Waals surface area contributed by atoms with Crippen molar-refractivity contribution in [2.24, 2.45) is 0 Å². The van der Waals surface area contributed by atoms with Crippen LogP contribution in [0.3, 0.4) is 0 Å². The Kier molecular flexibility index (Phi) is 6.36. The summed E-state index contributed by atoms with van der Waals surface area (Å²) in [4.78, 5) is 12.6. The van der Waals surface area contributed by atoms with E-state index in [9.17, 15) is 9.18 Å². The van der Waals surface area contributed by atoms with E-state index >= 15 is 0 Å². The Labute approximate surface area is 172 Å². The number of thioether (sulfide) groups is 1. The Morgan fingerprint density at radius 2 is 1.93 bits per heavy atom. The molecule has 0 spiro atoms. The van der Waals surface area contributed by atoms with Gasteiger partial charge in [0.15, 0.2) is 5.16 Å². The molecule has 1 N–H and O–H groups in total. The van der Waals surface area contributed by atoms with E-state index in [2.05, 4.69) is 15.5 Å². The molecule has 0 aliphatic heterocycles. The van der Waals surface area contributed by atoms with Crippen molar-refractivity contribution in [3.05, 3.63) is 70.8 Å². The Morgan fingerprint density at radius 3 is 2.61 bits per heavy atom. The quantitative estimate of drug-likeness (QED) is 0.588. The van der Waals surface area contributed by atoms with Crippen molar-refractivity contribution in [1.29, 1.82) is 0 Å². The van der Waals surface area contributed by atoms with Crippen molar-refractivity contribution >= 4 is 29.3 Å². The summed E-state index contributed by atoms with van der Waals surface area (Å²) < 4.78 is 14.9. The molecule has 2 unspecified atom stereocenters. The van der Waals surface area contributed by atoms with Crippen LogP contribution >= 0.6 is 23.4 Å². The van der Waals surface area contributed by atoms with E-state index in [1.165, 1.54) is 23.9 Å². The van der Waals surface area contributed by atoms with Gasteiger partial charge in [-0.25, -0.2) is 4.39 Å². The highest BCUT2D eigenvalue weighted by Crippen LogP contribution is 2.26. The number of hydrogen-bond acceptors (Lipinski definition) is 4. The first-order valence-corrected chi connectivity index (χ1v) is 10.00. The van der Waals surface area contributed by atoms with Crippen LogP contribution in [0.15, 0.2) is 53.9 Å². The molecule has 0 aliphatic carbocycles. The maximum atomic E-state index is 13.1. The van der Waals surface area contributed by atoms with E-state index in [0.717, 1.165) is 16.8 Å². The summed E-state index contributed by atoms with van der Waals surface area (Å²) in [5, 5.41) is 11.9. The van der Waals surface area contributed by atoms with E-state index in [0.29, 0.717) is 10.2 Å². The summed E-state index contributed by atoms with van der Waals surface area (Å²) in [5.41, 5.74) is 2.65. The predicted octanol–water partition coefficient (Wildman–Crippen LogP) is 4.73. The van der Waals surface area contributed by atoms with Crippen molar-refractivity contribution in [2.45, 2.75) is 37.2 Å². The number of halogens is 2. The maximum absolute atomic E-state index is 13.1. The summed E-state index contributed by atoms with van der Waals surface area (Å²) in [6, 6.07) is 11.5. The van der Waals surface area contributed by atoms with Gasteiger partial charge in [-0.05, 0) is 56.2 Å². The molecule has 3 rings (SSSR count). The molecule has 1 amide bonds. The van der Waals surface area contributed by atoms with Gasteiger partial charge in [-0.2, -0.15) is 0 Å². The largest absolute Gasteiger partial charge is 0.349 e. The van der Waals surface area contributed by atoms with Crippen LogP contribution in [0.4, 0.5) is 4.39 Å². The molecule has 3 aromatic rings. The molecule has 0 saturated carbocycles. The van der Waals surface area contributed by atoms with Crippen LogP contribution in [0, 0.1) is 12.7 Å². The normalized spacial score (nSPS) is 13.2. The Morgan fingerprint density at radius 1 is 1.21 bits per heavy atom. The minimum atomic E-state index is -0.397. The van der Waals surface area contributed by atoms with Gasteiger partial charge in [-0.1, -0.05) is 41.6 Å². The van der Waals surface area contributed by atoms with Crippen molar-refractivity contribution < 1.29 is 9.18 Å². The van der Waals surface area contributed by atoms with E-state index in [1.54, 1.807) is 30.0 Å². The minimum Gasteiger partial charge on any atom is -0.349 e. The molecule has 2 atom stereocenters. The van der Waals surface area contributed by atoms with Crippen LogP contribution in [0.25, 0.3) is 5.69 Å². The smallest absolute Gasteiger partial charge is 0.233 e. The van der Waals surface area contributed by atoms with E-state index in [1.807, 2.05) is 32.0 Å². The molecular weight excluding hydrogens is 399 g/mol. The number of aromatic nitrogens is 3. The number of benzene rings is 2. The second-order valence-corrected chi connectivity index (χ2v) is 8.17. The van der Waals surface area contributed by atoms with Gasteiger partial charge in [0.05, 0.1) is 17.0 Å². The molecule has 0 radical (unpaired) electrons. The zero-order valence-corrected chi connectivity index (χ0v) is 17.3. The number of nitrogens with zero attached hydrogens (tertiary/aromatic N) is 3. The van der Waals surface area contributed by atoms with Gasteiger partial charge in [0.1, 0.15) is 12.1 Å². The lowest BCUT2D eigenvalue weighted by Gasteiger charge is -2.18. The number of nitrogens with one attached hydrogen (secondary N) is 1. The van der Waals surface area contributed by atoms with Gasteiger partial charge in [-0.3, -0.25) is 9.36 Å². The Bertz CT molecular complexity index is 977. The zero-order chi connectivity index (χ0) is 20.3. The first kappa shape index (κ1) is 20.4. The van der Waals surface area contributed by atoms with E-state index in [4.69, 9.17) is 11.6 Å². The van der Waals surface area contributed by atoms with Gasteiger partial charge < -0.3 is 5.32 Å². The molecule has 0 fully saturated rings. The highest BCUT2D eigenvalue weighted by Gasteiger charge is 2.20. The van der Waals surface area contributed by atoms with Crippen LogP contribution in [0.2, 0.25) is 5.02 Å². The van der Waals surface area contributed by atoms with Crippen molar-refractivity contribution in [1.82, 2.24) is 20.1 Å². The molecule has 2 aromatic carbocycles. The Balaban J connectivity index is 1.68. The molecule has 28 heavy (non-hydrogen) atoms. The molecule has 0 aliphatic rings. The van der Waals surface area contributed by atoms with Crippen molar-refractivity contribution in [3.8, 4) is 5.69 Å². The molecule has 1 aromatic heterocycles. The molecule has 146 valence electrons. The lowest BCUT2D eigenvalue weighted by molar-refractivity contribution is -0.120. The van der Waals surface area contributed by atoms with Crippen LogP contribution in [-0.4, -0.2) is 25.9 Å². The third kappa shape index (κ3) is 4.72. The van der Waals surface area contributed by atoms with E-state index in [-0.39, 0.29) is 17.8 Å². The standard InChI is InChI=1S/C20H20ClFN4OS/c1-12-4-9-17(10-18(12)21)26-11-23-25-20(26)28-14(3)19(27)24-13(2)15-5-7-16(22)8-6-15/h4-11,13-14H,1-3H3,(H,24,27). The number of carbonyl (C=O) groups excluding carboxylic acids is 1.